The highest BCUT2D eigenvalue weighted by Gasteiger charge is 2.44. The quantitative estimate of drug-likeness (QED) is 0.563. The maximum absolute atomic E-state index is 6.37. The second kappa shape index (κ2) is 9.59. The van der Waals surface area contributed by atoms with Crippen LogP contribution in [0.1, 0.15) is 86.5 Å². The number of rotatable bonds is 8. The molecule has 0 aromatic rings. The number of likely N-dealkylation sites (tertiary alicyclic amines) is 2. The summed E-state index contributed by atoms with van der Waals surface area (Å²) in [6.45, 7) is 17.8. The third kappa shape index (κ3) is 5.70. The van der Waals surface area contributed by atoms with Gasteiger partial charge in [0, 0.05) is 24.7 Å². The summed E-state index contributed by atoms with van der Waals surface area (Å²) in [4.78, 5) is 5.68. The third-order valence-electron chi connectivity index (χ3n) is 7.05. The molecule has 158 valence electrons. The molecule has 0 aromatic carbocycles. The van der Waals surface area contributed by atoms with E-state index in [0.717, 1.165) is 48.4 Å². The highest BCUT2D eigenvalue weighted by atomic mass is 16.5. The van der Waals surface area contributed by atoms with Gasteiger partial charge in [0.25, 0.3) is 0 Å². The molecule has 3 heterocycles. The Kier molecular flexibility index (Phi) is 7.66. The summed E-state index contributed by atoms with van der Waals surface area (Å²) in [5.74, 6) is 3.15. The summed E-state index contributed by atoms with van der Waals surface area (Å²) >= 11 is 0. The molecule has 0 aliphatic carbocycles. The first-order chi connectivity index (χ1) is 12.8. The van der Waals surface area contributed by atoms with Crippen LogP contribution in [0, 0.1) is 23.7 Å². The molecule has 3 saturated heterocycles. The minimum atomic E-state index is 0.383. The van der Waals surface area contributed by atoms with Crippen LogP contribution in [0.5, 0.6) is 0 Å². The maximum atomic E-state index is 6.37. The van der Waals surface area contributed by atoms with Crippen molar-refractivity contribution in [2.24, 2.45) is 23.7 Å². The second-order valence-electron chi connectivity index (χ2n) is 11.1. The molecule has 0 spiro atoms. The maximum Gasteiger partial charge on any atom is 0.111 e. The van der Waals surface area contributed by atoms with Crippen molar-refractivity contribution in [3.05, 3.63) is 0 Å². The number of hydrogen-bond donors (Lipinski definition) is 0. The summed E-state index contributed by atoms with van der Waals surface area (Å²) in [5.41, 5.74) is 0. The fraction of sp³-hybridized carbons (Fsp3) is 1.00. The summed E-state index contributed by atoms with van der Waals surface area (Å²) in [6.07, 6.45) is 9.85. The molecule has 0 aromatic heterocycles. The molecule has 0 N–H and O–H groups in total. The lowest BCUT2D eigenvalue weighted by Gasteiger charge is -2.32. The topological polar surface area (TPSA) is 15.7 Å². The molecule has 0 bridgehead atoms. The largest absolute Gasteiger partial charge is 0.363 e. The van der Waals surface area contributed by atoms with Gasteiger partial charge in [0.15, 0.2) is 0 Å². The Morgan fingerprint density at radius 1 is 0.815 bits per heavy atom. The van der Waals surface area contributed by atoms with E-state index in [0.29, 0.717) is 6.23 Å². The zero-order valence-electron chi connectivity index (χ0n) is 19.0. The van der Waals surface area contributed by atoms with Gasteiger partial charge in [0.1, 0.15) is 6.23 Å². The second-order valence-corrected chi connectivity index (χ2v) is 11.1. The lowest BCUT2D eigenvalue weighted by Crippen LogP contribution is -2.43. The lowest BCUT2D eigenvalue weighted by molar-refractivity contribution is -0.0333. The molecule has 3 aliphatic rings. The molecular weight excluding hydrogens is 332 g/mol. The smallest absolute Gasteiger partial charge is 0.111 e. The first-order valence-electron chi connectivity index (χ1n) is 12.0. The predicted molar refractivity (Wildman–Crippen MR) is 115 cm³/mol. The van der Waals surface area contributed by atoms with Gasteiger partial charge >= 0.3 is 0 Å². The monoisotopic (exact) mass is 378 g/mol. The van der Waals surface area contributed by atoms with Crippen LogP contribution in [0.15, 0.2) is 0 Å². The van der Waals surface area contributed by atoms with E-state index in [1.165, 1.54) is 58.0 Å². The van der Waals surface area contributed by atoms with E-state index in [9.17, 15) is 0 Å². The van der Waals surface area contributed by atoms with Gasteiger partial charge in [-0.25, -0.2) is 0 Å². The van der Waals surface area contributed by atoms with Gasteiger partial charge in [-0.1, -0.05) is 41.5 Å². The fourth-order valence-corrected chi connectivity index (χ4v) is 6.15. The first kappa shape index (κ1) is 21.6. The van der Waals surface area contributed by atoms with Gasteiger partial charge < -0.3 is 4.74 Å². The van der Waals surface area contributed by atoms with E-state index in [1.54, 1.807) is 0 Å². The minimum Gasteiger partial charge on any atom is -0.363 e. The van der Waals surface area contributed by atoms with Gasteiger partial charge in [0.2, 0.25) is 0 Å². The van der Waals surface area contributed by atoms with Crippen molar-refractivity contribution in [1.29, 1.82) is 0 Å². The standard InChI is InChI=1S/C24H46N2O/c1-17(2)10-20-13-24(27-16-20)26-15-23(14-22(26)12-19(5)6)25-9-7-8-21(25)11-18(3)4/h17-24H,7-16H2,1-6H3/t20-,21+,22-,23?,24?/m0/s1. The SMILES string of the molecule is CC(C)C[C@@H]1COC(N2CC(N3CCC[C@@H]3CC(C)C)C[C@@H]2CC(C)C)C1. The highest BCUT2D eigenvalue weighted by molar-refractivity contribution is 4.97. The molecule has 3 heteroatoms. The van der Waals surface area contributed by atoms with Crippen molar-refractivity contribution in [1.82, 2.24) is 9.80 Å². The molecule has 3 aliphatic heterocycles. The number of hydrogen-bond acceptors (Lipinski definition) is 3. The molecule has 0 amide bonds. The number of nitrogens with zero attached hydrogens (tertiary/aromatic N) is 2. The molecule has 3 fully saturated rings. The van der Waals surface area contributed by atoms with Gasteiger partial charge in [-0.2, -0.15) is 0 Å². The summed E-state index contributed by atoms with van der Waals surface area (Å²) < 4.78 is 6.37. The summed E-state index contributed by atoms with van der Waals surface area (Å²) in [6, 6.07) is 2.30. The Balaban J connectivity index is 1.64. The average Bonchev–Trinajstić information content (AvgIpc) is 3.25. The molecule has 0 saturated carbocycles. The summed E-state index contributed by atoms with van der Waals surface area (Å²) in [5, 5.41) is 0. The van der Waals surface area contributed by atoms with Crippen molar-refractivity contribution in [3.63, 3.8) is 0 Å². The summed E-state index contributed by atoms with van der Waals surface area (Å²) in [7, 11) is 0. The molecule has 5 atom stereocenters. The molecule has 3 rings (SSSR count). The van der Waals surface area contributed by atoms with Crippen LogP contribution < -0.4 is 0 Å². The predicted octanol–water partition coefficient (Wildman–Crippen LogP) is 5.39. The Bertz CT molecular complexity index is 450. The van der Waals surface area contributed by atoms with Crippen molar-refractivity contribution in [2.45, 2.75) is 111 Å². The Morgan fingerprint density at radius 2 is 1.48 bits per heavy atom. The molecule has 0 radical (unpaired) electrons. The first-order valence-corrected chi connectivity index (χ1v) is 12.0. The van der Waals surface area contributed by atoms with Crippen LogP contribution in [0.4, 0.5) is 0 Å². The van der Waals surface area contributed by atoms with E-state index in [4.69, 9.17) is 4.74 Å². The molecular formula is C24H46N2O. The van der Waals surface area contributed by atoms with Crippen LogP contribution in [-0.4, -0.2) is 53.8 Å². The van der Waals surface area contributed by atoms with Crippen LogP contribution >= 0.6 is 0 Å². The molecule has 27 heavy (non-hydrogen) atoms. The van der Waals surface area contributed by atoms with E-state index in [2.05, 4.69) is 51.3 Å². The Morgan fingerprint density at radius 3 is 2.15 bits per heavy atom. The molecule has 2 unspecified atom stereocenters. The van der Waals surface area contributed by atoms with Gasteiger partial charge in [-0.3, -0.25) is 9.80 Å². The minimum absolute atomic E-state index is 0.383. The van der Waals surface area contributed by atoms with Crippen molar-refractivity contribution < 1.29 is 4.74 Å². The average molecular weight is 379 g/mol. The van der Waals surface area contributed by atoms with E-state index >= 15 is 0 Å². The van der Waals surface area contributed by atoms with Crippen molar-refractivity contribution in [2.75, 3.05) is 19.7 Å². The normalized spacial score (nSPS) is 36.1. The fourth-order valence-electron chi connectivity index (χ4n) is 6.15. The van der Waals surface area contributed by atoms with E-state index in [1.807, 2.05) is 0 Å². The van der Waals surface area contributed by atoms with Crippen molar-refractivity contribution in [3.8, 4) is 0 Å². The Hall–Kier alpha value is -0.120. The lowest BCUT2D eigenvalue weighted by atomic mass is 9.95. The van der Waals surface area contributed by atoms with Crippen LogP contribution in [0.3, 0.4) is 0 Å². The van der Waals surface area contributed by atoms with Gasteiger partial charge in [-0.15, -0.1) is 0 Å². The highest BCUT2D eigenvalue weighted by Crippen LogP contribution is 2.37. The molecule has 3 nitrogen and oxygen atoms in total. The third-order valence-corrected chi connectivity index (χ3v) is 7.05. The van der Waals surface area contributed by atoms with Gasteiger partial charge in [-0.05, 0) is 75.2 Å². The van der Waals surface area contributed by atoms with Crippen LogP contribution in [0.25, 0.3) is 0 Å². The van der Waals surface area contributed by atoms with Crippen LogP contribution in [-0.2, 0) is 4.74 Å². The van der Waals surface area contributed by atoms with E-state index in [-0.39, 0.29) is 0 Å². The van der Waals surface area contributed by atoms with Gasteiger partial charge in [0.05, 0.1) is 6.61 Å². The Labute approximate surface area is 169 Å². The zero-order valence-corrected chi connectivity index (χ0v) is 19.0. The number of ether oxygens (including phenoxy) is 1. The van der Waals surface area contributed by atoms with Crippen LogP contribution in [0.2, 0.25) is 0 Å². The van der Waals surface area contributed by atoms with E-state index < -0.39 is 0 Å². The zero-order chi connectivity index (χ0) is 19.6. The van der Waals surface area contributed by atoms with Crippen molar-refractivity contribution >= 4 is 0 Å².